The highest BCUT2D eigenvalue weighted by Crippen LogP contribution is 2.59. The largest absolute Gasteiger partial charge is 0.465 e. The second-order valence-corrected chi connectivity index (χ2v) is 11.1. The summed E-state index contributed by atoms with van der Waals surface area (Å²) >= 11 is 0. The maximum absolute atomic E-state index is 13.4. The highest BCUT2D eigenvalue weighted by Gasteiger charge is 2.41. The molecule has 3 N–H and O–H groups in total. The third-order valence-electron chi connectivity index (χ3n) is 5.20. The molecule has 2 aromatic rings. The average Bonchev–Trinajstić information content (AvgIpc) is 2.85. The minimum atomic E-state index is -3.40. The molecule has 2 amide bonds. The number of carbonyl (C=O) groups is 2. The van der Waals surface area contributed by atoms with Crippen LogP contribution in [0.15, 0.2) is 65.8 Å². The Labute approximate surface area is 213 Å². The molecule has 0 aliphatic rings. The van der Waals surface area contributed by atoms with Crippen molar-refractivity contribution in [3.8, 4) is 0 Å². The number of hydrogen-bond acceptors (Lipinski definition) is 7. The van der Waals surface area contributed by atoms with Crippen LogP contribution in [0.25, 0.3) is 0 Å². The van der Waals surface area contributed by atoms with Crippen LogP contribution in [0.5, 0.6) is 0 Å². The molecule has 0 bridgehead atoms. The van der Waals surface area contributed by atoms with Crippen LogP contribution in [0, 0.1) is 0 Å². The molecule has 0 saturated heterocycles. The van der Waals surface area contributed by atoms with Crippen LogP contribution in [0.2, 0.25) is 0 Å². The van der Waals surface area contributed by atoms with E-state index < -0.39 is 19.5 Å². The molecule has 0 aliphatic heterocycles. The van der Waals surface area contributed by atoms with E-state index in [2.05, 4.69) is 15.2 Å². The summed E-state index contributed by atoms with van der Waals surface area (Å²) in [5.74, 6) is -0.664. The molecule has 36 heavy (non-hydrogen) atoms. The number of hydrazone groups is 1. The molecule has 0 fully saturated rings. The number of ether oxygens (including phenoxy) is 1. The van der Waals surface area contributed by atoms with Crippen molar-refractivity contribution in [2.75, 3.05) is 7.11 Å². The number of benzene rings is 2. The van der Waals surface area contributed by atoms with E-state index in [1.165, 1.54) is 7.11 Å². The number of amides is 2. The van der Waals surface area contributed by atoms with E-state index in [0.29, 0.717) is 0 Å². The lowest BCUT2D eigenvalue weighted by molar-refractivity contribution is -0.132. The number of nitrogens with two attached hydrogens (primary N) is 1. The minimum Gasteiger partial charge on any atom is -0.465 e. The zero-order chi connectivity index (χ0) is 26.7. The van der Waals surface area contributed by atoms with Gasteiger partial charge in [0.05, 0.1) is 26.0 Å². The van der Waals surface area contributed by atoms with Gasteiger partial charge in [-0.1, -0.05) is 60.7 Å². The summed E-state index contributed by atoms with van der Waals surface area (Å²) in [6.45, 7) is 9.98. The Hall–Kier alpha value is -2.97. The maximum Gasteiger partial charge on any atom is 0.345 e. The molecule has 0 unspecified atom stereocenters. The zero-order valence-corrected chi connectivity index (χ0v) is 22.7. The van der Waals surface area contributed by atoms with Gasteiger partial charge in [0.2, 0.25) is 7.49 Å². The zero-order valence-electron chi connectivity index (χ0n) is 21.8. The van der Waals surface area contributed by atoms with Gasteiger partial charge in [-0.2, -0.15) is 5.10 Å². The summed E-state index contributed by atoms with van der Waals surface area (Å²) in [6, 6.07) is 18.2. The number of rotatable bonds is 12. The Balaban J connectivity index is 2.86. The van der Waals surface area contributed by atoms with Crippen molar-refractivity contribution in [1.82, 2.24) is 10.1 Å². The van der Waals surface area contributed by atoms with E-state index in [4.69, 9.17) is 19.5 Å². The van der Waals surface area contributed by atoms with Crippen LogP contribution < -0.4 is 11.2 Å². The first-order valence-corrected chi connectivity index (χ1v) is 13.3. The van der Waals surface area contributed by atoms with E-state index in [9.17, 15) is 9.59 Å². The molecule has 0 atom stereocenters. The number of urea groups is 1. The summed E-state index contributed by atoms with van der Waals surface area (Å²) in [4.78, 5) is 24.8. The molecule has 0 aromatic heterocycles. The van der Waals surface area contributed by atoms with Crippen molar-refractivity contribution in [3.05, 3.63) is 71.8 Å². The molecule has 2 aromatic carbocycles. The fourth-order valence-corrected chi connectivity index (χ4v) is 7.32. The Morgan fingerprint density at radius 2 is 1.36 bits per heavy atom. The third-order valence-corrected chi connectivity index (χ3v) is 8.76. The van der Waals surface area contributed by atoms with Gasteiger partial charge in [-0.15, -0.1) is 0 Å². The molecule has 0 heterocycles. The molecule has 9 nitrogen and oxygen atoms in total. The molecule has 0 saturated carbocycles. The maximum atomic E-state index is 13.4. The van der Waals surface area contributed by atoms with Gasteiger partial charge in [0.15, 0.2) is 0 Å². The van der Waals surface area contributed by atoms with Crippen LogP contribution in [0.1, 0.15) is 45.7 Å². The quantitative estimate of drug-likeness (QED) is 0.183. The summed E-state index contributed by atoms with van der Waals surface area (Å²) < 4.78 is 20.6. The predicted molar refractivity (Wildman–Crippen MR) is 144 cm³/mol. The third kappa shape index (κ3) is 7.77. The van der Waals surface area contributed by atoms with Crippen LogP contribution in [-0.4, -0.2) is 46.9 Å². The fraction of sp³-hybridized carbons (Fsp3) is 0.385. The van der Waals surface area contributed by atoms with Crippen molar-refractivity contribution >= 4 is 30.5 Å². The van der Waals surface area contributed by atoms with Gasteiger partial charge in [0, 0.05) is 12.1 Å². The number of hydrogen-bond donors (Lipinski definition) is 2. The van der Waals surface area contributed by atoms with Crippen molar-refractivity contribution in [3.63, 3.8) is 0 Å². The van der Waals surface area contributed by atoms with Gasteiger partial charge >= 0.3 is 12.0 Å². The van der Waals surface area contributed by atoms with Gasteiger partial charge < -0.3 is 19.5 Å². The van der Waals surface area contributed by atoms with Crippen LogP contribution in [0.4, 0.5) is 4.79 Å². The summed E-state index contributed by atoms with van der Waals surface area (Å²) in [5, 5.41) is 4.17. The first-order valence-electron chi connectivity index (χ1n) is 11.7. The van der Waals surface area contributed by atoms with Crippen molar-refractivity contribution < 1.29 is 23.4 Å². The fourth-order valence-electron chi connectivity index (χ4n) is 3.85. The number of carbonyl (C=O) groups excluding carboxylic acids is 2. The van der Waals surface area contributed by atoms with Crippen LogP contribution in [-0.2, 0) is 31.8 Å². The number of nitrogens with one attached hydrogen (secondary N) is 1. The number of esters is 1. The monoisotopic (exact) mass is 516 g/mol. The van der Waals surface area contributed by atoms with Gasteiger partial charge in [-0.25, -0.2) is 19.7 Å². The Morgan fingerprint density at radius 3 is 1.72 bits per heavy atom. The van der Waals surface area contributed by atoms with E-state index in [1.54, 1.807) is 6.92 Å². The average molecular weight is 517 g/mol. The first kappa shape index (κ1) is 29.3. The van der Waals surface area contributed by atoms with E-state index in [1.807, 2.05) is 88.4 Å². The van der Waals surface area contributed by atoms with Crippen molar-refractivity contribution in [2.45, 2.75) is 59.9 Å². The molecule has 0 radical (unpaired) electrons. The molecule has 196 valence electrons. The SMILES string of the molecule is COC(=O)C(/C(C)=N/NC(N)=O)=P(OCc1ccccc1)(OCc1ccccc1)N(C(C)C)C(C)C. The van der Waals surface area contributed by atoms with E-state index >= 15 is 0 Å². The second-order valence-electron chi connectivity index (χ2n) is 8.62. The molecule has 0 aliphatic carbocycles. The van der Waals surface area contributed by atoms with E-state index in [-0.39, 0.29) is 36.3 Å². The highest BCUT2D eigenvalue weighted by atomic mass is 31.2. The lowest BCUT2D eigenvalue weighted by Crippen LogP contribution is -2.41. The Morgan fingerprint density at radius 1 is 0.917 bits per heavy atom. The molecule has 0 spiro atoms. The van der Waals surface area contributed by atoms with Gasteiger partial charge in [-0.05, 0) is 45.7 Å². The summed E-state index contributed by atoms with van der Waals surface area (Å²) in [7, 11) is -2.11. The molecule has 10 heteroatoms. The minimum absolute atomic E-state index is 0.0820. The topological polar surface area (TPSA) is 115 Å². The lowest BCUT2D eigenvalue weighted by Gasteiger charge is -2.43. The second kappa shape index (κ2) is 13.9. The summed E-state index contributed by atoms with van der Waals surface area (Å²) in [6.07, 6.45) is 0. The van der Waals surface area contributed by atoms with Crippen molar-refractivity contribution in [1.29, 1.82) is 0 Å². The Bertz CT molecular complexity index is 1030. The van der Waals surface area contributed by atoms with Gasteiger partial charge in [0.1, 0.15) is 5.29 Å². The van der Waals surface area contributed by atoms with Gasteiger partial charge in [0.25, 0.3) is 0 Å². The lowest BCUT2D eigenvalue weighted by atomic mass is 10.2. The molecular weight excluding hydrogens is 479 g/mol. The normalized spacial score (nSPS) is 12.2. The Kier molecular flexibility index (Phi) is 11.3. The summed E-state index contributed by atoms with van der Waals surface area (Å²) in [5.41, 5.74) is 9.45. The first-order chi connectivity index (χ1) is 17.1. The van der Waals surface area contributed by atoms with Gasteiger partial charge in [-0.3, -0.25) is 0 Å². The van der Waals surface area contributed by atoms with Crippen molar-refractivity contribution in [2.24, 2.45) is 10.8 Å². The number of nitrogens with zero attached hydrogens (tertiary/aromatic N) is 2. The standard InChI is InChI=1S/C26H37N4O5P/c1-19(2)30(20(3)4)36(34-17-22-13-9-7-10-14-22,35-18-23-15-11-8-12-16-23)24(25(31)33-6)21(5)28-29-26(27)32/h7-16,19-20H,17-18H2,1-6H3,(H3,27,29,32)/b28-21+. The molecule has 2 rings (SSSR count). The van der Waals surface area contributed by atoms with Crippen LogP contribution in [0.3, 0.4) is 0 Å². The number of primary amides is 1. The molecular formula is C26H37N4O5P. The highest BCUT2D eigenvalue weighted by molar-refractivity contribution is 7.69. The predicted octanol–water partition coefficient (Wildman–Crippen LogP) is 4.69. The van der Waals surface area contributed by atoms with E-state index in [0.717, 1.165) is 11.1 Å². The number of methoxy groups -OCH3 is 1. The van der Waals surface area contributed by atoms with Crippen LogP contribution >= 0.6 is 7.49 Å². The smallest absolute Gasteiger partial charge is 0.345 e.